The first-order valence-electron chi connectivity index (χ1n) is 5.10. The summed E-state index contributed by atoms with van der Waals surface area (Å²) in [5.41, 5.74) is 0.635. The molecule has 0 unspecified atom stereocenters. The Kier molecular flexibility index (Phi) is 3.97. The van der Waals surface area contributed by atoms with Crippen LogP contribution in [0.4, 0.5) is 0 Å². The second-order valence-electron chi connectivity index (χ2n) is 3.49. The number of carbonyl (C=O) groups excluding carboxylic acids is 1. The topological polar surface area (TPSA) is 26.3 Å². The molecule has 0 saturated heterocycles. The van der Waals surface area contributed by atoms with Crippen molar-refractivity contribution in [2.75, 3.05) is 7.11 Å². The number of para-hydroxylation sites is 1. The maximum atomic E-state index is 12.1. The van der Waals surface area contributed by atoms with Gasteiger partial charge in [0.05, 0.1) is 12.7 Å². The third-order valence-corrected chi connectivity index (χ3v) is 4.35. The highest BCUT2D eigenvalue weighted by atomic mass is 79.9. The predicted molar refractivity (Wildman–Crippen MR) is 73.0 cm³/mol. The minimum atomic E-state index is 0.0746. The number of methoxy groups -OCH3 is 1. The summed E-state index contributed by atoms with van der Waals surface area (Å²) in [4.78, 5) is 13.2. The molecule has 0 spiro atoms. The van der Waals surface area contributed by atoms with Gasteiger partial charge in [0.15, 0.2) is 5.78 Å². The van der Waals surface area contributed by atoms with E-state index in [0.29, 0.717) is 17.7 Å². The zero-order valence-electron chi connectivity index (χ0n) is 9.27. The van der Waals surface area contributed by atoms with Gasteiger partial charge in [-0.05, 0) is 39.5 Å². The molecule has 88 valence electrons. The SMILES string of the molecule is COc1ccccc1C(=O)Cc1sccc1Br. The third kappa shape index (κ3) is 2.76. The Labute approximate surface area is 112 Å². The van der Waals surface area contributed by atoms with Crippen molar-refractivity contribution >= 4 is 33.0 Å². The lowest BCUT2D eigenvalue weighted by Crippen LogP contribution is -2.04. The van der Waals surface area contributed by atoms with E-state index in [1.54, 1.807) is 30.6 Å². The van der Waals surface area contributed by atoms with Crippen LogP contribution in [0.15, 0.2) is 40.2 Å². The number of benzene rings is 1. The van der Waals surface area contributed by atoms with Gasteiger partial charge in [0.2, 0.25) is 0 Å². The largest absolute Gasteiger partial charge is 0.496 e. The van der Waals surface area contributed by atoms with Gasteiger partial charge in [-0.3, -0.25) is 4.79 Å². The van der Waals surface area contributed by atoms with Gasteiger partial charge in [0.25, 0.3) is 0 Å². The zero-order chi connectivity index (χ0) is 12.3. The second-order valence-corrected chi connectivity index (χ2v) is 5.35. The van der Waals surface area contributed by atoms with Crippen LogP contribution in [0.1, 0.15) is 15.2 Å². The van der Waals surface area contributed by atoms with E-state index in [2.05, 4.69) is 15.9 Å². The number of Topliss-reactive ketones (excluding diaryl/α,β-unsaturated/α-hetero) is 1. The highest BCUT2D eigenvalue weighted by molar-refractivity contribution is 9.10. The monoisotopic (exact) mass is 310 g/mol. The van der Waals surface area contributed by atoms with Crippen LogP contribution in [0.5, 0.6) is 5.75 Å². The fourth-order valence-corrected chi connectivity index (χ4v) is 3.06. The van der Waals surface area contributed by atoms with E-state index in [4.69, 9.17) is 4.74 Å². The fourth-order valence-electron chi connectivity index (χ4n) is 1.57. The number of ketones is 1. The van der Waals surface area contributed by atoms with Crippen molar-refractivity contribution in [1.82, 2.24) is 0 Å². The van der Waals surface area contributed by atoms with Gasteiger partial charge < -0.3 is 4.74 Å². The van der Waals surface area contributed by atoms with Crippen molar-refractivity contribution in [3.63, 3.8) is 0 Å². The van der Waals surface area contributed by atoms with Gasteiger partial charge in [-0.2, -0.15) is 0 Å². The standard InChI is InChI=1S/C13H11BrO2S/c1-16-12-5-3-2-4-9(12)11(15)8-13-10(14)6-7-17-13/h2-7H,8H2,1H3. The van der Waals surface area contributed by atoms with Crippen LogP contribution in [0.2, 0.25) is 0 Å². The van der Waals surface area contributed by atoms with Gasteiger partial charge >= 0.3 is 0 Å². The van der Waals surface area contributed by atoms with Gasteiger partial charge in [0, 0.05) is 15.8 Å². The smallest absolute Gasteiger partial charge is 0.171 e. The number of carbonyl (C=O) groups is 1. The maximum Gasteiger partial charge on any atom is 0.171 e. The van der Waals surface area contributed by atoms with E-state index in [1.807, 2.05) is 23.6 Å². The van der Waals surface area contributed by atoms with Crippen molar-refractivity contribution in [3.05, 3.63) is 50.6 Å². The van der Waals surface area contributed by atoms with E-state index in [1.165, 1.54) is 0 Å². The van der Waals surface area contributed by atoms with Gasteiger partial charge in [0.1, 0.15) is 5.75 Å². The number of ether oxygens (including phenoxy) is 1. The number of hydrogen-bond donors (Lipinski definition) is 0. The maximum absolute atomic E-state index is 12.1. The molecule has 0 aliphatic heterocycles. The molecule has 0 saturated carbocycles. The molecule has 0 radical (unpaired) electrons. The van der Waals surface area contributed by atoms with Crippen LogP contribution in [0.3, 0.4) is 0 Å². The van der Waals surface area contributed by atoms with E-state index in [0.717, 1.165) is 9.35 Å². The lowest BCUT2D eigenvalue weighted by atomic mass is 10.1. The normalized spacial score (nSPS) is 10.2. The van der Waals surface area contributed by atoms with Crippen molar-refractivity contribution in [2.24, 2.45) is 0 Å². The highest BCUT2D eigenvalue weighted by Gasteiger charge is 2.14. The second kappa shape index (κ2) is 5.47. The highest BCUT2D eigenvalue weighted by Crippen LogP contribution is 2.26. The van der Waals surface area contributed by atoms with E-state index in [9.17, 15) is 4.79 Å². The molecule has 2 rings (SSSR count). The zero-order valence-corrected chi connectivity index (χ0v) is 11.7. The van der Waals surface area contributed by atoms with E-state index < -0.39 is 0 Å². The average molecular weight is 311 g/mol. The summed E-state index contributed by atoms with van der Waals surface area (Å²) in [5.74, 6) is 0.704. The Morgan fingerprint density at radius 3 is 2.76 bits per heavy atom. The summed E-state index contributed by atoms with van der Waals surface area (Å²) in [6.45, 7) is 0. The van der Waals surface area contributed by atoms with E-state index >= 15 is 0 Å². The molecule has 0 bridgehead atoms. The molecule has 1 aromatic heterocycles. The van der Waals surface area contributed by atoms with Crippen molar-refractivity contribution in [2.45, 2.75) is 6.42 Å². The molecule has 0 N–H and O–H groups in total. The molecule has 2 aromatic rings. The molecule has 0 aliphatic carbocycles. The molecule has 17 heavy (non-hydrogen) atoms. The quantitative estimate of drug-likeness (QED) is 0.799. The van der Waals surface area contributed by atoms with Gasteiger partial charge in [-0.25, -0.2) is 0 Å². The Morgan fingerprint density at radius 1 is 1.35 bits per heavy atom. The van der Waals surface area contributed by atoms with Crippen LogP contribution in [0.25, 0.3) is 0 Å². The molecule has 2 nitrogen and oxygen atoms in total. The van der Waals surface area contributed by atoms with Crippen molar-refractivity contribution in [1.29, 1.82) is 0 Å². The Hall–Kier alpha value is -1.13. The Morgan fingerprint density at radius 2 is 2.12 bits per heavy atom. The van der Waals surface area contributed by atoms with Gasteiger partial charge in [-0.15, -0.1) is 11.3 Å². The summed E-state index contributed by atoms with van der Waals surface area (Å²) in [7, 11) is 1.58. The number of halogens is 1. The molecule has 0 amide bonds. The molecular weight excluding hydrogens is 300 g/mol. The summed E-state index contributed by atoms with van der Waals surface area (Å²) in [5, 5.41) is 1.97. The first-order chi connectivity index (χ1) is 8.22. The summed E-state index contributed by atoms with van der Waals surface area (Å²) >= 11 is 5.01. The lowest BCUT2D eigenvalue weighted by molar-refractivity contribution is 0.0991. The minimum absolute atomic E-state index is 0.0746. The van der Waals surface area contributed by atoms with Crippen molar-refractivity contribution in [3.8, 4) is 5.75 Å². The van der Waals surface area contributed by atoms with Crippen molar-refractivity contribution < 1.29 is 9.53 Å². The fraction of sp³-hybridized carbons (Fsp3) is 0.154. The molecule has 1 aromatic carbocycles. The number of thiophene rings is 1. The third-order valence-electron chi connectivity index (χ3n) is 2.42. The summed E-state index contributed by atoms with van der Waals surface area (Å²) < 4.78 is 6.18. The van der Waals surface area contributed by atoms with Crippen LogP contribution < -0.4 is 4.74 Å². The summed E-state index contributed by atoms with van der Waals surface area (Å²) in [6, 6.07) is 9.25. The molecule has 4 heteroatoms. The molecule has 0 fully saturated rings. The molecule has 0 atom stereocenters. The lowest BCUT2D eigenvalue weighted by Gasteiger charge is -2.06. The van der Waals surface area contributed by atoms with Crippen LogP contribution in [-0.2, 0) is 6.42 Å². The predicted octanol–water partition coefficient (Wildman–Crippen LogP) is 3.94. The Bertz CT molecular complexity index is 534. The van der Waals surface area contributed by atoms with E-state index in [-0.39, 0.29) is 5.78 Å². The summed E-state index contributed by atoms with van der Waals surface area (Å²) in [6.07, 6.45) is 0.401. The van der Waals surface area contributed by atoms with Crippen LogP contribution >= 0.6 is 27.3 Å². The van der Waals surface area contributed by atoms with Crippen LogP contribution in [0, 0.1) is 0 Å². The first kappa shape index (κ1) is 12.3. The van der Waals surface area contributed by atoms with Crippen LogP contribution in [-0.4, -0.2) is 12.9 Å². The first-order valence-corrected chi connectivity index (χ1v) is 6.77. The number of rotatable bonds is 4. The van der Waals surface area contributed by atoms with Gasteiger partial charge in [-0.1, -0.05) is 12.1 Å². The molecular formula is C13H11BrO2S. The molecule has 0 aliphatic rings. The minimum Gasteiger partial charge on any atom is -0.496 e. The average Bonchev–Trinajstić information content (AvgIpc) is 2.75. The number of hydrogen-bond acceptors (Lipinski definition) is 3. The Balaban J connectivity index is 2.23. The molecule has 1 heterocycles.